The molecule has 0 aliphatic heterocycles. The minimum Gasteiger partial charge on any atom is -0.488 e. The smallest absolute Gasteiger partial charge is 0.167 e. The zero-order valence-electron chi connectivity index (χ0n) is 38.8. The van der Waals surface area contributed by atoms with Gasteiger partial charge < -0.3 is 19.3 Å². The molecular weight excluding hydrogens is 865 g/mol. The summed E-state index contributed by atoms with van der Waals surface area (Å²) in [6, 6.07) is 75.9. The summed E-state index contributed by atoms with van der Waals surface area (Å²) in [5.41, 5.74) is 30.5. The maximum absolute atomic E-state index is 8.79. The molecule has 10 nitrogen and oxygen atoms in total. The number of hydrogen-bond donors (Lipinski definition) is 0. The van der Waals surface area contributed by atoms with Crippen LogP contribution in [0.4, 0.5) is 22.7 Å². The van der Waals surface area contributed by atoms with Gasteiger partial charge in [0.25, 0.3) is 0 Å². The lowest BCUT2D eigenvalue weighted by atomic mass is 9.65. The van der Waals surface area contributed by atoms with Gasteiger partial charge in [-0.05, 0) is 130 Å². The number of ether oxygens (including phenoxy) is 2. The molecule has 1 fully saturated rings. The van der Waals surface area contributed by atoms with Gasteiger partial charge in [-0.25, -0.2) is 0 Å². The molecule has 0 heterocycles. The van der Waals surface area contributed by atoms with Crippen molar-refractivity contribution in [2.45, 2.75) is 37.5 Å². The first-order chi connectivity index (χ1) is 34.6. The van der Waals surface area contributed by atoms with Crippen LogP contribution in [0.5, 0.6) is 11.5 Å². The molecule has 1 aliphatic carbocycles. The first-order valence-corrected chi connectivity index (χ1v) is 23.5. The molecule has 70 heavy (non-hydrogen) atoms. The second-order valence-corrected chi connectivity index (χ2v) is 17.0. The summed E-state index contributed by atoms with van der Waals surface area (Å²) in [7, 11) is 0. The fraction of sp³-hybridized carbons (Fsp3) is 0.133. The minimum absolute atomic E-state index is 0.0812. The summed E-state index contributed by atoms with van der Waals surface area (Å²) in [4.78, 5) is 10.1. The Morgan fingerprint density at radius 2 is 0.714 bits per heavy atom. The van der Waals surface area contributed by atoms with E-state index in [0.717, 1.165) is 81.8 Å². The van der Waals surface area contributed by atoms with E-state index in [1.165, 1.54) is 17.5 Å². The summed E-state index contributed by atoms with van der Waals surface area (Å²) < 4.78 is 11.4. The van der Waals surface area contributed by atoms with Crippen LogP contribution in [0.1, 0.15) is 65.5 Å². The van der Waals surface area contributed by atoms with E-state index < -0.39 is 0 Å². The minimum atomic E-state index is -0.176. The first-order valence-electron chi connectivity index (χ1n) is 23.5. The predicted octanol–water partition coefficient (Wildman–Crippen LogP) is 16.7. The fourth-order valence-corrected chi connectivity index (χ4v) is 9.40. The van der Waals surface area contributed by atoms with Gasteiger partial charge in [0, 0.05) is 61.5 Å². The third kappa shape index (κ3) is 10.9. The standard InChI is InChI=1S/C60H52N8O2/c61-65-63-44-69-56-36-32-54(33-37-56)67(42-58(46-16-6-1-7-17-46)47-18-8-2-9-19-47)52-28-24-50(25-29-52)60(40-14-5-15-41-60)51-26-30-53(31-27-51)68(55-34-38-57(39-35-55)70-45-64-66-62)43-59(48-20-10-3-11-21-48)49-22-12-4-13-23-49/h1-4,6-13,16-39,42-43H,5,14-15,40-41,44-45H2. The quantitative estimate of drug-likeness (QED) is 0.0483. The maximum Gasteiger partial charge on any atom is 0.167 e. The van der Waals surface area contributed by atoms with Crippen LogP contribution in [0, 0.1) is 0 Å². The number of rotatable bonds is 18. The molecule has 0 bridgehead atoms. The van der Waals surface area contributed by atoms with Crippen molar-refractivity contribution in [2.24, 2.45) is 10.2 Å². The van der Waals surface area contributed by atoms with Gasteiger partial charge in [-0.15, -0.1) is 0 Å². The van der Waals surface area contributed by atoms with Crippen LogP contribution in [0.3, 0.4) is 0 Å². The molecule has 10 heteroatoms. The van der Waals surface area contributed by atoms with E-state index in [0.29, 0.717) is 11.5 Å². The van der Waals surface area contributed by atoms with Crippen molar-refractivity contribution >= 4 is 33.9 Å². The number of hydrogen-bond acceptors (Lipinski definition) is 6. The van der Waals surface area contributed by atoms with Crippen LogP contribution >= 0.6 is 0 Å². The summed E-state index contributed by atoms with van der Waals surface area (Å²) in [5, 5.41) is 7.08. The third-order valence-electron chi connectivity index (χ3n) is 12.9. The Bertz CT molecular complexity index is 2800. The van der Waals surface area contributed by atoms with Crippen LogP contribution < -0.4 is 19.3 Å². The van der Waals surface area contributed by atoms with Gasteiger partial charge in [0.2, 0.25) is 0 Å². The number of azide groups is 2. The Hall–Kier alpha value is -8.94. The molecule has 0 spiro atoms. The molecule has 0 radical (unpaired) electrons. The molecule has 0 aromatic heterocycles. The van der Waals surface area contributed by atoms with Crippen molar-refractivity contribution in [3.8, 4) is 11.5 Å². The highest BCUT2D eigenvalue weighted by atomic mass is 16.5. The van der Waals surface area contributed by atoms with E-state index >= 15 is 0 Å². The van der Waals surface area contributed by atoms with Crippen LogP contribution in [0.15, 0.2) is 241 Å². The van der Waals surface area contributed by atoms with Gasteiger partial charge in [-0.2, -0.15) is 0 Å². The maximum atomic E-state index is 8.79. The van der Waals surface area contributed by atoms with E-state index in [4.69, 9.17) is 20.5 Å². The highest BCUT2D eigenvalue weighted by Gasteiger charge is 2.36. The van der Waals surface area contributed by atoms with Gasteiger partial charge in [0.1, 0.15) is 11.5 Å². The fourth-order valence-electron chi connectivity index (χ4n) is 9.40. The number of nitrogens with zero attached hydrogens (tertiary/aromatic N) is 8. The number of benzene rings is 8. The van der Waals surface area contributed by atoms with Gasteiger partial charge >= 0.3 is 0 Å². The summed E-state index contributed by atoms with van der Waals surface area (Å²) in [5.74, 6) is 1.23. The summed E-state index contributed by atoms with van der Waals surface area (Å²) in [6.07, 6.45) is 10.0. The molecule has 8 aromatic carbocycles. The molecular formula is C60H52N8O2. The molecule has 1 saturated carbocycles. The van der Waals surface area contributed by atoms with E-state index in [1.807, 2.05) is 72.8 Å². The number of anilines is 4. The summed E-state index contributed by atoms with van der Waals surface area (Å²) >= 11 is 0. The molecule has 0 amide bonds. The normalized spacial score (nSPS) is 12.5. The monoisotopic (exact) mass is 916 g/mol. The lowest BCUT2D eigenvalue weighted by Gasteiger charge is -2.39. The predicted molar refractivity (Wildman–Crippen MR) is 283 cm³/mol. The highest BCUT2D eigenvalue weighted by molar-refractivity contribution is 5.85. The zero-order chi connectivity index (χ0) is 47.8. The second-order valence-electron chi connectivity index (χ2n) is 17.0. The Labute approximate surface area is 409 Å². The van der Waals surface area contributed by atoms with Crippen molar-refractivity contribution in [3.05, 3.63) is 285 Å². The van der Waals surface area contributed by atoms with Crippen molar-refractivity contribution in [3.63, 3.8) is 0 Å². The summed E-state index contributed by atoms with van der Waals surface area (Å²) in [6.45, 7) is -0.162. The lowest BCUT2D eigenvalue weighted by Crippen LogP contribution is -2.30. The lowest BCUT2D eigenvalue weighted by molar-refractivity contribution is 0.329. The van der Waals surface area contributed by atoms with Gasteiger partial charge in [-0.1, -0.05) is 175 Å². The SMILES string of the molecule is [N-]=[N+]=NCOc1ccc(N(C=C(c2ccccc2)c2ccccc2)c2ccc(C3(c4ccc(N(C=C(c5ccccc5)c5ccccc5)c5ccc(OCN=[N+]=[N-])cc5)cc4)CCCCC3)cc2)cc1. The molecule has 0 atom stereocenters. The molecule has 0 saturated heterocycles. The van der Waals surface area contributed by atoms with Crippen LogP contribution in [-0.4, -0.2) is 13.5 Å². The van der Waals surface area contributed by atoms with Gasteiger partial charge in [0.05, 0.1) is 0 Å². The van der Waals surface area contributed by atoms with Crippen molar-refractivity contribution in [1.82, 2.24) is 0 Å². The average molecular weight is 917 g/mol. The van der Waals surface area contributed by atoms with Crippen molar-refractivity contribution in [2.75, 3.05) is 23.3 Å². The Kier molecular flexibility index (Phi) is 15.0. The van der Waals surface area contributed by atoms with E-state index in [2.05, 4.69) is 188 Å². The van der Waals surface area contributed by atoms with Gasteiger partial charge in [0.15, 0.2) is 13.5 Å². The molecule has 0 N–H and O–H groups in total. The van der Waals surface area contributed by atoms with E-state index in [9.17, 15) is 0 Å². The zero-order valence-corrected chi connectivity index (χ0v) is 38.8. The van der Waals surface area contributed by atoms with Crippen LogP contribution in [-0.2, 0) is 5.41 Å². The molecule has 1 aliphatic rings. The Morgan fingerprint density at radius 1 is 0.414 bits per heavy atom. The first kappa shape index (κ1) is 46.2. The second kappa shape index (κ2) is 22.7. The third-order valence-corrected chi connectivity index (χ3v) is 12.9. The van der Waals surface area contributed by atoms with Crippen molar-refractivity contribution in [1.29, 1.82) is 0 Å². The largest absolute Gasteiger partial charge is 0.488 e. The van der Waals surface area contributed by atoms with Crippen LogP contribution in [0.2, 0.25) is 0 Å². The van der Waals surface area contributed by atoms with E-state index in [1.54, 1.807) is 0 Å². The highest BCUT2D eigenvalue weighted by Crippen LogP contribution is 2.47. The topological polar surface area (TPSA) is 122 Å². The molecule has 8 aromatic rings. The van der Waals surface area contributed by atoms with Crippen LogP contribution in [0.25, 0.3) is 32.0 Å². The van der Waals surface area contributed by atoms with E-state index in [-0.39, 0.29) is 18.9 Å². The Morgan fingerprint density at radius 3 is 1.01 bits per heavy atom. The Balaban J connectivity index is 1.10. The van der Waals surface area contributed by atoms with Gasteiger partial charge in [-0.3, -0.25) is 0 Å². The molecule has 9 rings (SSSR count). The average Bonchev–Trinajstić information content (AvgIpc) is 3.43. The molecule has 344 valence electrons. The van der Waals surface area contributed by atoms with Crippen molar-refractivity contribution < 1.29 is 9.47 Å². The molecule has 0 unspecified atom stereocenters.